The van der Waals surface area contributed by atoms with Crippen molar-refractivity contribution in [2.45, 2.75) is 12.8 Å². The van der Waals surface area contributed by atoms with E-state index in [0.29, 0.717) is 24.4 Å². The summed E-state index contributed by atoms with van der Waals surface area (Å²) in [5.41, 5.74) is 0.456. The Bertz CT molecular complexity index is 546. The van der Waals surface area contributed by atoms with E-state index in [4.69, 9.17) is 5.11 Å². The zero-order valence-corrected chi connectivity index (χ0v) is 9.61. The van der Waals surface area contributed by atoms with Crippen LogP contribution in [-0.2, 0) is 6.42 Å². The minimum absolute atomic E-state index is 0.0436. The molecule has 0 aliphatic carbocycles. The van der Waals surface area contributed by atoms with E-state index in [0.717, 1.165) is 18.2 Å². The molecule has 0 aliphatic heterocycles. The van der Waals surface area contributed by atoms with Gasteiger partial charge in [0.05, 0.1) is 5.69 Å². The third-order valence-electron chi connectivity index (χ3n) is 2.47. The van der Waals surface area contributed by atoms with Crippen LogP contribution in [0.5, 0.6) is 0 Å². The van der Waals surface area contributed by atoms with Gasteiger partial charge in [0.15, 0.2) is 0 Å². The lowest BCUT2D eigenvalue weighted by atomic mass is 10.1. The Morgan fingerprint density at radius 3 is 2.78 bits per heavy atom. The molecule has 1 heterocycles. The molecule has 1 N–H and O–H groups in total. The number of aliphatic hydroxyl groups is 1. The summed E-state index contributed by atoms with van der Waals surface area (Å²) in [6.07, 6.45) is 2.54. The number of aliphatic hydroxyl groups excluding tert-OH is 1. The first kappa shape index (κ1) is 12.6. The Hall–Kier alpha value is -1.88. The van der Waals surface area contributed by atoms with Crippen molar-refractivity contribution in [3.63, 3.8) is 0 Å². The quantitative estimate of drug-likeness (QED) is 0.906. The van der Waals surface area contributed by atoms with E-state index in [2.05, 4.69) is 9.97 Å². The second-order valence-corrected chi connectivity index (χ2v) is 3.81. The summed E-state index contributed by atoms with van der Waals surface area (Å²) in [7, 11) is 0. The molecule has 0 bridgehead atoms. The molecule has 0 unspecified atom stereocenters. The average molecular weight is 250 g/mol. The molecule has 0 amide bonds. The maximum absolute atomic E-state index is 13.6. The van der Waals surface area contributed by atoms with Gasteiger partial charge in [-0.2, -0.15) is 0 Å². The maximum Gasteiger partial charge on any atom is 0.132 e. The van der Waals surface area contributed by atoms with Crippen LogP contribution < -0.4 is 0 Å². The predicted octanol–water partition coefficient (Wildman–Crippen LogP) is 2.35. The fourth-order valence-corrected chi connectivity index (χ4v) is 1.60. The lowest BCUT2D eigenvalue weighted by Crippen LogP contribution is -1.99. The number of hydrogen-bond acceptors (Lipinski definition) is 3. The fourth-order valence-electron chi connectivity index (χ4n) is 1.60. The topological polar surface area (TPSA) is 46.0 Å². The summed E-state index contributed by atoms with van der Waals surface area (Å²) in [6, 6.07) is 4.76. The predicted molar refractivity (Wildman–Crippen MR) is 62.8 cm³/mol. The minimum Gasteiger partial charge on any atom is -0.396 e. The highest BCUT2D eigenvalue weighted by atomic mass is 19.1. The number of aromatic nitrogens is 2. The van der Waals surface area contributed by atoms with Crippen LogP contribution in [-0.4, -0.2) is 21.7 Å². The van der Waals surface area contributed by atoms with E-state index in [1.54, 1.807) is 0 Å². The third-order valence-corrected chi connectivity index (χ3v) is 2.47. The van der Waals surface area contributed by atoms with Crippen LogP contribution in [0.4, 0.5) is 8.78 Å². The molecule has 94 valence electrons. The first-order chi connectivity index (χ1) is 8.70. The lowest BCUT2D eigenvalue weighted by Gasteiger charge is -2.05. The first-order valence-electron chi connectivity index (χ1n) is 5.59. The second kappa shape index (κ2) is 5.64. The molecule has 1 aromatic heterocycles. The summed E-state index contributed by atoms with van der Waals surface area (Å²) in [5.74, 6) is -0.532. The standard InChI is InChI=1S/C13H12F2N2O/c14-9-3-4-11(15)10(8-9)12-5-6-16-13(17-12)2-1-7-18/h3-6,8,18H,1-2,7H2. The summed E-state index contributed by atoms with van der Waals surface area (Å²) in [5, 5.41) is 8.73. The molecular weight excluding hydrogens is 238 g/mol. The van der Waals surface area contributed by atoms with Crippen molar-refractivity contribution in [1.29, 1.82) is 0 Å². The monoisotopic (exact) mass is 250 g/mol. The van der Waals surface area contributed by atoms with Crippen LogP contribution in [0.1, 0.15) is 12.2 Å². The molecule has 18 heavy (non-hydrogen) atoms. The Kier molecular flexibility index (Phi) is 3.94. The van der Waals surface area contributed by atoms with E-state index in [1.807, 2.05) is 0 Å². The molecule has 2 aromatic rings. The van der Waals surface area contributed by atoms with Gasteiger partial charge in [0, 0.05) is 24.8 Å². The molecule has 0 saturated carbocycles. The zero-order valence-electron chi connectivity index (χ0n) is 9.61. The Morgan fingerprint density at radius 2 is 2.00 bits per heavy atom. The number of rotatable bonds is 4. The molecule has 0 fully saturated rings. The van der Waals surface area contributed by atoms with Gasteiger partial charge in [-0.3, -0.25) is 0 Å². The van der Waals surface area contributed by atoms with Gasteiger partial charge in [0.2, 0.25) is 0 Å². The number of aryl methyl sites for hydroxylation is 1. The summed E-state index contributed by atoms with van der Waals surface area (Å²) in [6.45, 7) is 0.0436. The van der Waals surface area contributed by atoms with Crippen LogP contribution in [0.3, 0.4) is 0 Å². The average Bonchev–Trinajstić information content (AvgIpc) is 2.39. The summed E-state index contributed by atoms with van der Waals surface area (Å²) in [4.78, 5) is 8.17. The lowest BCUT2D eigenvalue weighted by molar-refractivity contribution is 0.287. The summed E-state index contributed by atoms with van der Waals surface area (Å²) < 4.78 is 26.7. The van der Waals surface area contributed by atoms with Gasteiger partial charge >= 0.3 is 0 Å². The van der Waals surface area contributed by atoms with Crippen LogP contribution in [0.25, 0.3) is 11.3 Å². The van der Waals surface area contributed by atoms with Crippen molar-refractivity contribution in [2.24, 2.45) is 0 Å². The molecule has 3 nitrogen and oxygen atoms in total. The smallest absolute Gasteiger partial charge is 0.132 e. The highest BCUT2D eigenvalue weighted by molar-refractivity contribution is 5.59. The largest absolute Gasteiger partial charge is 0.396 e. The molecule has 0 saturated heterocycles. The van der Waals surface area contributed by atoms with E-state index >= 15 is 0 Å². The van der Waals surface area contributed by atoms with E-state index < -0.39 is 11.6 Å². The van der Waals surface area contributed by atoms with Crippen LogP contribution in [0.15, 0.2) is 30.5 Å². The van der Waals surface area contributed by atoms with Crippen molar-refractivity contribution in [1.82, 2.24) is 9.97 Å². The molecule has 0 aliphatic rings. The van der Waals surface area contributed by atoms with Gasteiger partial charge in [-0.25, -0.2) is 18.7 Å². The molecule has 0 radical (unpaired) electrons. The molecule has 2 rings (SSSR count). The molecule has 0 spiro atoms. The molecule has 0 atom stereocenters. The van der Waals surface area contributed by atoms with E-state index in [9.17, 15) is 8.78 Å². The van der Waals surface area contributed by atoms with Gasteiger partial charge in [-0.05, 0) is 30.7 Å². The highest BCUT2D eigenvalue weighted by Gasteiger charge is 2.09. The number of halogens is 2. The van der Waals surface area contributed by atoms with Gasteiger partial charge in [0.25, 0.3) is 0 Å². The van der Waals surface area contributed by atoms with Crippen LogP contribution >= 0.6 is 0 Å². The van der Waals surface area contributed by atoms with Crippen LogP contribution in [0.2, 0.25) is 0 Å². The van der Waals surface area contributed by atoms with Crippen molar-refractivity contribution < 1.29 is 13.9 Å². The van der Waals surface area contributed by atoms with E-state index in [1.165, 1.54) is 12.3 Å². The van der Waals surface area contributed by atoms with Crippen molar-refractivity contribution in [3.8, 4) is 11.3 Å². The molecule has 1 aromatic carbocycles. The van der Waals surface area contributed by atoms with Gasteiger partial charge in [-0.1, -0.05) is 0 Å². The SMILES string of the molecule is OCCCc1nccc(-c2cc(F)ccc2F)n1. The normalized spacial score (nSPS) is 10.6. The zero-order chi connectivity index (χ0) is 13.0. The number of nitrogens with zero attached hydrogens (tertiary/aromatic N) is 2. The number of benzene rings is 1. The van der Waals surface area contributed by atoms with Gasteiger partial charge in [0.1, 0.15) is 17.5 Å². The van der Waals surface area contributed by atoms with Gasteiger partial charge in [-0.15, -0.1) is 0 Å². The van der Waals surface area contributed by atoms with Crippen molar-refractivity contribution in [2.75, 3.05) is 6.61 Å². The van der Waals surface area contributed by atoms with Crippen molar-refractivity contribution >= 4 is 0 Å². The third kappa shape index (κ3) is 2.87. The maximum atomic E-state index is 13.6. The minimum atomic E-state index is -0.525. The fraction of sp³-hybridized carbons (Fsp3) is 0.231. The van der Waals surface area contributed by atoms with E-state index in [-0.39, 0.29) is 12.2 Å². The molecule has 5 heteroatoms. The second-order valence-electron chi connectivity index (χ2n) is 3.81. The van der Waals surface area contributed by atoms with Crippen LogP contribution in [0, 0.1) is 11.6 Å². The molecular formula is C13H12F2N2O. The highest BCUT2D eigenvalue weighted by Crippen LogP contribution is 2.21. The number of hydrogen-bond donors (Lipinski definition) is 1. The Labute approximate surface area is 103 Å². The summed E-state index contributed by atoms with van der Waals surface area (Å²) >= 11 is 0. The Balaban J connectivity index is 2.35. The Morgan fingerprint density at radius 1 is 1.17 bits per heavy atom. The van der Waals surface area contributed by atoms with Crippen molar-refractivity contribution in [3.05, 3.63) is 47.9 Å². The first-order valence-corrected chi connectivity index (χ1v) is 5.59. The van der Waals surface area contributed by atoms with Gasteiger partial charge < -0.3 is 5.11 Å².